The third-order valence-corrected chi connectivity index (χ3v) is 3.30. The lowest BCUT2D eigenvalue weighted by Gasteiger charge is -2.05. The molecule has 0 saturated heterocycles. The van der Waals surface area contributed by atoms with Crippen LogP contribution in [0.3, 0.4) is 0 Å². The Morgan fingerprint density at radius 1 is 1.04 bits per heavy atom. The first-order chi connectivity index (χ1) is 11.9. The van der Waals surface area contributed by atoms with Crippen LogP contribution in [0.5, 0.6) is 0 Å². The molecular formula is C17H12F3N3O2. The quantitative estimate of drug-likeness (QED) is 0.776. The van der Waals surface area contributed by atoms with Gasteiger partial charge in [-0.15, -0.1) is 0 Å². The molecule has 3 aromatic rings. The molecule has 1 heterocycles. The van der Waals surface area contributed by atoms with Crippen molar-refractivity contribution in [3.63, 3.8) is 0 Å². The summed E-state index contributed by atoms with van der Waals surface area (Å²) in [6, 6.07) is 15.4. The van der Waals surface area contributed by atoms with E-state index in [2.05, 4.69) is 20.0 Å². The summed E-state index contributed by atoms with van der Waals surface area (Å²) in [6.45, 7) is 0. The largest absolute Gasteiger partial charge is 0.471 e. The van der Waals surface area contributed by atoms with Crippen molar-refractivity contribution in [3.8, 4) is 11.4 Å². The van der Waals surface area contributed by atoms with Gasteiger partial charge in [-0.2, -0.15) is 18.2 Å². The summed E-state index contributed by atoms with van der Waals surface area (Å²) >= 11 is 0. The number of carbonyl (C=O) groups is 1. The monoisotopic (exact) mass is 347 g/mol. The van der Waals surface area contributed by atoms with E-state index in [1.807, 2.05) is 30.3 Å². The van der Waals surface area contributed by atoms with Crippen molar-refractivity contribution in [1.82, 2.24) is 10.1 Å². The molecule has 0 saturated carbocycles. The fourth-order valence-corrected chi connectivity index (χ4v) is 2.14. The Morgan fingerprint density at radius 3 is 2.32 bits per heavy atom. The van der Waals surface area contributed by atoms with Crippen molar-refractivity contribution >= 4 is 11.6 Å². The maximum Gasteiger partial charge on any atom is 0.471 e. The van der Waals surface area contributed by atoms with E-state index in [4.69, 9.17) is 0 Å². The topological polar surface area (TPSA) is 68.0 Å². The maximum absolute atomic E-state index is 12.5. The van der Waals surface area contributed by atoms with Gasteiger partial charge in [-0.1, -0.05) is 35.5 Å². The average molecular weight is 347 g/mol. The molecule has 128 valence electrons. The van der Waals surface area contributed by atoms with Gasteiger partial charge in [0.05, 0.1) is 6.42 Å². The summed E-state index contributed by atoms with van der Waals surface area (Å²) in [6.07, 6.45) is -4.46. The van der Waals surface area contributed by atoms with Crippen LogP contribution in [0.25, 0.3) is 11.4 Å². The van der Waals surface area contributed by atoms with Crippen LogP contribution in [-0.2, 0) is 17.4 Å². The van der Waals surface area contributed by atoms with Crippen LogP contribution < -0.4 is 5.32 Å². The molecule has 0 bridgehead atoms. The lowest BCUT2D eigenvalue weighted by molar-refractivity contribution is -0.159. The van der Waals surface area contributed by atoms with E-state index in [0.717, 1.165) is 5.56 Å². The molecule has 0 aliphatic rings. The number of hydrogen-bond donors (Lipinski definition) is 1. The van der Waals surface area contributed by atoms with Crippen molar-refractivity contribution in [2.45, 2.75) is 12.6 Å². The highest BCUT2D eigenvalue weighted by Gasteiger charge is 2.38. The van der Waals surface area contributed by atoms with Gasteiger partial charge in [0.25, 0.3) is 0 Å². The Bertz CT molecular complexity index is 859. The number of nitrogens with zero attached hydrogens (tertiary/aromatic N) is 2. The summed E-state index contributed by atoms with van der Waals surface area (Å²) in [5.41, 5.74) is 1.74. The third kappa shape index (κ3) is 4.23. The minimum absolute atomic E-state index is 0.172. The summed E-state index contributed by atoms with van der Waals surface area (Å²) in [4.78, 5) is 15.3. The SMILES string of the molecule is O=C(Cc1ccccc1)Nc1ccc(-c2noc(C(F)(F)F)n2)cc1. The van der Waals surface area contributed by atoms with E-state index >= 15 is 0 Å². The van der Waals surface area contributed by atoms with Gasteiger partial charge in [0, 0.05) is 11.3 Å². The molecule has 0 aliphatic carbocycles. The number of amides is 1. The lowest BCUT2D eigenvalue weighted by atomic mass is 10.1. The van der Waals surface area contributed by atoms with Gasteiger partial charge >= 0.3 is 12.1 Å². The van der Waals surface area contributed by atoms with Crippen molar-refractivity contribution < 1.29 is 22.5 Å². The Labute approximate surface area is 140 Å². The van der Waals surface area contributed by atoms with Gasteiger partial charge in [-0.3, -0.25) is 4.79 Å². The average Bonchev–Trinajstić information content (AvgIpc) is 3.07. The number of alkyl halides is 3. The molecule has 0 atom stereocenters. The van der Waals surface area contributed by atoms with Crippen LogP contribution in [-0.4, -0.2) is 16.0 Å². The molecule has 0 radical (unpaired) electrons. The molecule has 8 heteroatoms. The van der Waals surface area contributed by atoms with Crippen LogP contribution in [0.1, 0.15) is 11.5 Å². The highest BCUT2D eigenvalue weighted by Crippen LogP contribution is 2.29. The fourth-order valence-electron chi connectivity index (χ4n) is 2.14. The number of hydrogen-bond acceptors (Lipinski definition) is 4. The summed E-state index contributed by atoms with van der Waals surface area (Å²) in [5.74, 6) is -1.77. The maximum atomic E-state index is 12.5. The highest BCUT2D eigenvalue weighted by atomic mass is 19.4. The number of nitrogens with one attached hydrogen (secondary N) is 1. The molecule has 0 spiro atoms. The Balaban J connectivity index is 1.66. The van der Waals surface area contributed by atoms with Crippen LogP contribution in [0.2, 0.25) is 0 Å². The molecule has 1 aromatic heterocycles. The summed E-state index contributed by atoms with van der Waals surface area (Å²) in [7, 11) is 0. The second-order valence-corrected chi connectivity index (χ2v) is 5.21. The number of halogens is 3. The fraction of sp³-hybridized carbons (Fsp3) is 0.118. The second kappa shape index (κ2) is 6.76. The zero-order valence-electron chi connectivity index (χ0n) is 12.7. The summed E-state index contributed by atoms with van der Waals surface area (Å²) in [5, 5.41) is 6.02. The van der Waals surface area contributed by atoms with E-state index in [1.165, 1.54) is 12.1 Å². The number of anilines is 1. The molecule has 0 fully saturated rings. The van der Waals surface area contributed by atoms with Gasteiger partial charge in [0.1, 0.15) is 0 Å². The van der Waals surface area contributed by atoms with Crippen molar-refractivity contribution in [2.24, 2.45) is 0 Å². The highest BCUT2D eigenvalue weighted by molar-refractivity contribution is 5.92. The van der Waals surface area contributed by atoms with Crippen LogP contribution in [0, 0.1) is 0 Å². The first kappa shape index (κ1) is 16.7. The van der Waals surface area contributed by atoms with E-state index in [9.17, 15) is 18.0 Å². The number of carbonyl (C=O) groups excluding carboxylic acids is 1. The number of aromatic nitrogens is 2. The standard InChI is InChI=1S/C17H12F3N3O2/c18-17(19,20)16-22-15(23-25-16)12-6-8-13(9-7-12)21-14(24)10-11-4-2-1-3-5-11/h1-9H,10H2,(H,21,24). The van der Waals surface area contributed by atoms with Gasteiger partial charge in [0.15, 0.2) is 0 Å². The van der Waals surface area contributed by atoms with E-state index < -0.39 is 12.1 Å². The molecule has 0 unspecified atom stereocenters. The molecule has 1 N–H and O–H groups in total. The van der Waals surface area contributed by atoms with Gasteiger partial charge < -0.3 is 9.84 Å². The first-order valence-corrected chi connectivity index (χ1v) is 7.27. The predicted octanol–water partition coefficient (Wildman–Crippen LogP) is 3.94. The molecule has 25 heavy (non-hydrogen) atoms. The summed E-state index contributed by atoms with van der Waals surface area (Å²) < 4.78 is 41.6. The minimum atomic E-state index is -4.68. The normalized spacial score (nSPS) is 11.3. The van der Waals surface area contributed by atoms with Crippen LogP contribution in [0.15, 0.2) is 59.1 Å². The van der Waals surface area contributed by atoms with Gasteiger partial charge in [-0.05, 0) is 29.8 Å². The second-order valence-electron chi connectivity index (χ2n) is 5.21. The molecule has 5 nitrogen and oxygen atoms in total. The van der Waals surface area contributed by atoms with Crippen molar-refractivity contribution in [1.29, 1.82) is 0 Å². The van der Waals surface area contributed by atoms with Crippen LogP contribution >= 0.6 is 0 Å². The van der Waals surface area contributed by atoms with Gasteiger partial charge in [-0.25, -0.2) is 0 Å². The molecular weight excluding hydrogens is 335 g/mol. The molecule has 2 aromatic carbocycles. The number of rotatable bonds is 4. The molecule has 1 amide bonds. The molecule has 3 rings (SSSR count). The first-order valence-electron chi connectivity index (χ1n) is 7.27. The smallest absolute Gasteiger partial charge is 0.329 e. The predicted molar refractivity (Wildman–Crippen MR) is 83.5 cm³/mol. The zero-order chi connectivity index (χ0) is 17.9. The molecule has 0 aliphatic heterocycles. The Morgan fingerprint density at radius 2 is 1.72 bits per heavy atom. The van der Waals surface area contributed by atoms with E-state index in [0.29, 0.717) is 11.3 Å². The number of benzene rings is 2. The van der Waals surface area contributed by atoms with E-state index in [1.54, 1.807) is 12.1 Å². The van der Waals surface area contributed by atoms with E-state index in [-0.39, 0.29) is 18.2 Å². The van der Waals surface area contributed by atoms with Gasteiger partial charge in [0.2, 0.25) is 11.7 Å². The van der Waals surface area contributed by atoms with Crippen molar-refractivity contribution in [3.05, 3.63) is 66.1 Å². The lowest BCUT2D eigenvalue weighted by Crippen LogP contribution is -2.14. The van der Waals surface area contributed by atoms with Crippen molar-refractivity contribution in [2.75, 3.05) is 5.32 Å². The Kier molecular flexibility index (Phi) is 4.51. The third-order valence-electron chi connectivity index (χ3n) is 3.30. The minimum Gasteiger partial charge on any atom is -0.329 e. The Hall–Kier alpha value is -3.16. The van der Waals surface area contributed by atoms with Crippen LogP contribution in [0.4, 0.5) is 18.9 Å². The zero-order valence-corrected chi connectivity index (χ0v) is 12.7.